The lowest BCUT2D eigenvalue weighted by atomic mass is 9.99. The Morgan fingerprint density at radius 1 is 1.09 bits per heavy atom. The van der Waals surface area contributed by atoms with Crippen LogP contribution < -0.4 is 5.32 Å². The van der Waals surface area contributed by atoms with Crippen molar-refractivity contribution in [3.8, 4) is 16.9 Å². The number of amides is 1. The third-order valence-corrected chi connectivity index (χ3v) is 3.02. The fourth-order valence-corrected chi connectivity index (χ4v) is 2.08. The van der Waals surface area contributed by atoms with Crippen LogP contribution in [0.2, 0.25) is 0 Å². The summed E-state index contributed by atoms with van der Waals surface area (Å²) in [6.07, 6.45) is -0.437. The van der Waals surface area contributed by atoms with Crippen LogP contribution in [0, 0.1) is 0 Å². The summed E-state index contributed by atoms with van der Waals surface area (Å²) in [6.45, 7) is 5.87. The van der Waals surface area contributed by atoms with Gasteiger partial charge >= 0.3 is 6.09 Å². The average Bonchev–Trinajstić information content (AvgIpc) is 2.45. The van der Waals surface area contributed by atoms with Crippen molar-refractivity contribution in [2.45, 2.75) is 32.9 Å². The summed E-state index contributed by atoms with van der Waals surface area (Å²) < 4.78 is 5.24. The minimum absolute atomic E-state index is 0.230. The SMILES string of the molecule is CC(C)(C)OC(=O)NCc1ccccc1-c1ccc(O)cc1. The molecule has 0 saturated carbocycles. The number of benzene rings is 2. The van der Waals surface area contributed by atoms with Gasteiger partial charge < -0.3 is 15.2 Å². The minimum Gasteiger partial charge on any atom is -0.508 e. The summed E-state index contributed by atoms with van der Waals surface area (Å²) in [6, 6.07) is 14.8. The summed E-state index contributed by atoms with van der Waals surface area (Å²) in [5.41, 5.74) is 2.47. The molecule has 0 heterocycles. The smallest absolute Gasteiger partial charge is 0.407 e. The molecule has 2 aromatic rings. The van der Waals surface area contributed by atoms with Gasteiger partial charge in [0.05, 0.1) is 0 Å². The van der Waals surface area contributed by atoms with Crippen molar-refractivity contribution in [2.75, 3.05) is 0 Å². The number of phenols is 1. The highest BCUT2D eigenvalue weighted by Gasteiger charge is 2.16. The molecule has 2 N–H and O–H groups in total. The van der Waals surface area contributed by atoms with Crippen molar-refractivity contribution in [1.82, 2.24) is 5.32 Å². The first-order chi connectivity index (χ1) is 10.3. The number of ether oxygens (including phenoxy) is 1. The van der Waals surface area contributed by atoms with Crippen LogP contribution in [0.3, 0.4) is 0 Å². The predicted molar refractivity (Wildman–Crippen MR) is 86.6 cm³/mol. The number of aromatic hydroxyl groups is 1. The molecule has 0 unspecified atom stereocenters. The Morgan fingerprint density at radius 3 is 2.36 bits per heavy atom. The number of rotatable bonds is 3. The molecule has 0 bridgehead atoms. The maximum Gasteiger partial charge on any atom is 0.407 e. The first-order valence-corrected chi connectivity index (χ1v) is 7.19. The molecule has 4 heteroatoms. The highest BCUT2D eigenvalue weighted by atomic mass is 16.6. The number of phenolic OH excluding ortho intramolecular Hbond substituents is 1. The van der Waals surface area contributed by atoms with Gasteiger partial charge in [-0.05, 0) is 49.6 Å². The molecule has 2 aromatic carbocycles. The van der Waals surface area contributed by atoms with Crippen molar-refractivity contribution >= 4 is 6.09 Å². The summed E-state index contributed by atoms with van der Waals surface area (Å²) in [5.74, 6) is 0.230. The van der Waals surface area contributed by atoms with Crippen molar-refractivity contribution in [3.05, 3.63) is 54.1 Å². The minimum atomic E-state index is -0.513. The van der Waals surface area contributed by atoms with E-state index in [4.69, 9.17) is 4.74 Å². The summed E-state index contributed by atoms with van der Waals surface area (Å²) in [4.78, 5) is 11.8. The zero-order valence-corrected chi connectivity index (χ0v) is 13.1. The molecule has 2 rings (SSSR count). The molecule has 4 nitrogen and oxygen atoms in total. The standard InChI is InChI=1S/C18H21NO3/c1-18(2,3)22-17(21)19-12-14-6-4-5-7-16(14)13-8-10-15(20)11-9-13/h4-11,20H,12H2,1-3H3,(H,19,21). The van der Waals surface area contributed by atoms with E-state index < -0.39 is 11.7 Å². The fourth-order valence-electron chi connectivity index (χ4n) is 2.08. The molecular formula is C18H21NO3. The van der Waals surface area contributed by atoms with E-state index in [1.165, 1.54) is 0 Å². The Hall–Kier alpha value is -2.49. The van der Waals surface area contributed by atoms with E-state index in [9.17, 15) is 9.90 Å². The third-order valence-electron chi connectivity index (χ3n) is 3.02. The van der Waals surface area contributed by atoms with Gasteiger partial charge in [0.25, 0.3) is 0 Å². The molecule has 0 aliphatic carbocycles. The van der Waals surface area contributed by atoms with Crippen molar-refractivity contribution in [3.63, 3.8) is 0 Å². The Balaban J connectivity index is 2.12. The fraction of sp³-hybridized carbons (Fsp3) is 0.278. The van der Waals surface area contributed by atoms with E-state index in [-0.39, 0.29) is 5.75 Å². The molecular weight excluding hydrogens is 278 g/mol. The van der Waals surface area contributed by atoms with E-state index >= 15 is 0 Å². The van der Waals surface area contributed by atoms with Crippen LogP contribution in [0.25, 0.3) is 11.1 Å². The predicted octanol–water partition coefficient (Wildman–Crippen LogP) is 4.08. The maximum atomic E-state index is 11.8. The van der Waals surface area contributed by atoms with Gasteiger partial charge in [-0.2, -0.15) is 0 Å². The molecule has 0 aromatic heterocycles. The van der Waals surface area contributed by atoms with Crippen LogP contribution in [0.4, 0.5) is 4.79 Å². The summed E-state index contributed by atoms with van der Waals surface area (Å²) in [5, 5.41) is 12.2. The summed E-state index contributed by atoms with van der Waals surface area (Å²) in [7, 11) is 0. The van der Waals surface area contributed by atoms with Gasteiger partial charge in [-0.3, -0.25) is 0 Å². The molecule has 0 fully saturated rings. The molecule has 0 aliphatic heterocycles. The highest BCUT2D eigenvalue weighted by molar-refractivity contribution is 5.70. The van der Waals surface area contributed by atoms with Crippen LogP contribution in [-0.2, 0) is 11.3 Å². The van der Waals surface area contributed by atoms with Gasteiger partial charge in [0.1, 0.15) is 11.4 Å². The molecule has 22 heavy (non-hydrogen) atoms. The second kappa shape index (κ2) is 6.52. The van der Waals surface area contributed by atoms with Gasteiger partial charge in [0, 0.05) is 6.54 Å². The van der Waals surface area contributed by atoms with Crippen LogP contribution in [-0.4, -0.2) is 16.8 Å². The zero-order chi connectivity index (χ0) is 16.2. The molecule has 116 valence electrons. The molecule has 0 aliphatic rings. The van der Waals surface area contributed by atoms with Crippen molar-refractivity contribution in [1.29, 1.82) is 0 Å². The average molecular weight is 299 g/mol. The third kappa shape index (κ3) is 4.52. The number of nitrogens with one attached hydrogen (secondary N) is 1. The van der Waals surface area contributed by atoms with Crippen LogP contribution in [0.15, 0.2) is 48.5 Å². The number of carbonyl (C=O) groups is 1. The van der Waals surface area contributed by atoms with Gasteiger partial charge in [0.15, 0.2) is 0 Å². The molecule has 0 radical (unpaired) electrons. The lowest BCUT2D eigenvalue weighted by Gasteiger charge is -2.20. The van der Waals surface area contributed by atoms with Crippen LogP contribution in [0.1, 0.15) is 26.3 Å². The number of hydrogen-bond acceptors (Lipinski definition) is 3. The van der Waals surface area contributed by atoms with E-state index in [1.54, 1.807) is 12.1 Å². The summed E-state index contributed by atoms with van der Waals surface area (Å²) >= 11 is 0. The zero-order valence-electron chi connectivity index (χ0n) is 13.1. The van der Waals surface area contributed by atoms with Crippen molar-refractivity contribution in [2.24, 2.45) is 0 Å². The van der Waals surface area contributed by atoms with E-state index in [1.807, 2.05) is 57.2 Å². The van der Waals surface area contributed by atoms with Crippen LogP contribution >= 0.6 is 0 Å². The van der Waals surface area contributed by atoms with Gasteiger partial charge in [-0.1, -0.05) is 36.4 Å². The highest BCUT2D eigenvalue weighted by Crippen LogP contribution is 2.25. The quantitative estimate of drug-likeness (QED) is 0.897. The van der Waals surface area contributed by atoms with E-state index in [0.29, 0.717) is 6.54 Å². The van der Waals surface area contributed by atoms with E-state index in [2.05, 4.69) is 5.32 Å². The molecule has 1 amide bonds. The number of hydrogen-bond donors (Lipinski definition) is 2. The number of alkyl carbamates (subject to hydrolysis) is 1. The van der Waals surface area contributed by atoms with E-state index in [0.717, 1.165) is 16.7 Å². The Labute approximate surface area is 130 Å². The second-order valence-electron chi connectivity index (χ2n) is 6.06. The largest absolute Gasteiger partial charge is 0.508 e. The van der Waals surface area contributed by atoms with Crippen LogP contribution in [0.5, 0.6) is 5.75 Å². The lowest BCUT2D eigenvalue weighted by molar-refractivity contribution is 0.0523. The normalized spacial score (nSPS) is 11.0. The van der Waals surface area contributed by atoms with Gasteiger partial charge in [0.2, 0.25) is 0 Å². The van der Waals surface area contributed by atoms with Gasteiger partial charge in [-0.25, -0.2) is 4.79 Å². The molecule has 0 atom stereocenters. The van der Waals surface area contributed by atoms with Gasteiger partial charge in [-0.15, -0.1) is 0 Å². The topological polar surface area (TPSA) is 58.6 Å². The Kier molecular flexibility index (Phi) is 4.71. The second-order valence-corrected chi connectivity index (χ2v) is 6.06. The number of carbonyl (C=O) groups excluding carboxylic acids is 1. The monoisotopic (exact) mass is 299 g/mol. The first-order valence-electron chi connectivity index (χ1n) is 7.19. The van der Waals surface area contributed by atoms with Crippen molar-refractivity contribution < 1.29 is 14.6 Å². The molecule has 0 spiro atoms. The first kappa shape index (κ1) is 15.9. The maximum absolute atomic E-state index is 11.8. The molecule has 0 saturated heterocycles. The lowest BCUT2D eigenvalue weighted by Crippen LogP contribution is -2.32. The Morgan fingerprint density at radius 2 is 1.73 bits per heavy atom. The Bertz CT molecular complexity index is 642.